The molecule has 2 heterocycles. The summed E-state index contributed by atoms with van der Waals surface area (Å²) >= 11 is 0. The van der Waals surface area contributed by atoms with Gasteiger partial charge in [0, 0.05) is 51.6 Å². The topological polar surface area (TPSA) is 89.0 Å². The summed E-state index contributed by atoms with van der Waals surface area (Å²) in [7, 11) is 3.40. The molecule has 12 heteroatoms. The molecule has 0 saturated carbocycles. The van der Waals surface area contributed by atoms with Crippen molar-refractivity contribution in [3.63, 3.8) is 0 Å². The van der Waals surface area contributed by atoms with Crippen LogP contribution in [0.4, 0.5) is 30.6 Å². The Morgan fingerprint density at radius 3 is 2.69 bits per heavy atom. The summed E-state index contributed by atoms with van der Waals surface area (Å²) in [5.74, 6) is -0.147. The van der Waals surface area contributed by atoms with E-state index in [1.807, 2.05) is 16.8 Å². The van der Waals surface area contributed by atoms with Gasteiger partial charge in [0.2, 0.25) is 5.95 Å². The maximum atomic E-state index is 12.9. The second kappa shape index (κ2) is 10.5. The van der Waals surface area contributed by atoms with E-state index in [0.717, 1.165) is 12.1 Å². The van der Waals surface area contributed by atoms with Crippen LogP contribution < -0.4 is 19.9 Å². The molecule has 0 unspecified atom stereocenters. The van der Waals surface area contributed by atoms with Crippen LogP contribution >= 0.6 is 0 Å². The van der Waals surface area contributed by atoms with E-state index in [2.05, 4.69) is 20.0 Å². The van der Waals surface area contributed by atoms with E-state index < -0.39 is 18.0 Å². The Labute approximate surface area is 183 Å². The molecule has 0 spiro atoms. The molecule has 2 aromatic rings. The summed E-state index contributed by atoms with van der Waals surface area (Å²) in [6.45, 7) is 3.17. The fourth-order valence-electron chi connectivity index (χ4n) is 2.95. The van der Waals surface area contributed by atoms with Crippen LogP contribution in [0.5, 0.6) is 5.75 Å². The third-order valence-electron chi connectivity index (χ3n) is 4.57. The number of morpholine rings is 1. The molecule has 1 aromatic carbocycles. The summed E-state index contributed by atoms with van der Waals surface area (Å²) in [4.78, 5) is 25.5. The van der Waals surface area contributed by atoms with Gasteiger partial charge in [-0.1, -0.05) is 6.07 Å². The second-order valence-corrected chi connectivity index (χ2v) is 6.95. The Morgan fingerprint density at radius 2 is 2.00 bits per heavy atom. The molecule has 9 nitrogen and oxygen atoms in total. The predicted octanol–water partition coefficient (Wildman–Crippen LogP) is 2.55. The molecule has 0 bridgehead atoms. The van der Waals surface area contributed by atoms with Crippen molar-refractivity contribution in [3.05, 3.63) is 36.0 Å². The maximum Gasteiger partial charge on any atom is 0.573 e. The van der Waals surface area contributed by atoms with Crippen molar-refractivity contribution in [1.82, 2.24) is 9.97 Å². The van der Waals surface area contributed by atoms with Gasteiger partial charge in [0.05, 0.1) is 19.8 Å². The summed E-state index contributed by atoms with van der Waals surface area (Å²) < 4.78 is 51.8. The van der Waals surface area contributed by atoms with Gasteiger partial charge in [0.25, 0.3) is 5.91 Å². The number of hydrogen-bond acceptors (Lipinski definition) is 8. The maximum absolute atomic E-state index is 12.9. The third kappa shape index (κ3) is 6.69. The van der Waals surface area contributed by atoms with E-state index in [9.17, 15) is 18.0 Å². The summed E-state index contributed by atoms with van der Waals surface area (Å²) in [6.07, 6.45) is -4.83. The highest BCUT2D eigenvalue weighted by atomic mass is 19.4. The Bertz CT molecular complexity index is 922. The highest BCUT2D eigenvalue weighted by Crippen LogP contribution is 2.25. The van der Waals surface area contributed by atoms with Crippen molar-refractivity contribution in [2.75, 3.05) is 68.7 Å². The Kier molecular flexibility index (Phi) is 7.70. The van der Waals surface area contributed by atoms with Gasteiger partial charge in [-0.3, -0.25) is 4.79 Å². The molecule has 1 amide bonds. The Hall–Kier alpha value is -3.12. The number of ether oxygens (including phenoxy) is 3. The van der Waals surface area contributed by atoms with Gasteiger partial charge >= 0.3 is 6.36 Å². The molecule has 1 aliphatic rings. The lowest BCUT2D eigenvalue weighted by molar-refractivity contribution is -0.274. The molecule has 0 radical (unpaired) electrons. The normalized spacial score (nSPS) is 14.2. The van der Waals surface area contributed by atoms with Crippen molar-refractivity contribution < 1.29 is 32.2 Å². The number of carbonyl (C=O) groups excluding carboxylic acids is 1. The lowest BCUT2D eigenvalue weighted by Crippen LogP contribution is -2.38. The SMILES string of the molecule is COCCN(C)c1cc(C(=O)Nc2cccc(OC(F)(F)F)c2)nc(N2CCOCC2)n1. The molecule has 1 saturated heterocycles. The number of anilines is 3. The van der Waals surface area contributed by atoms with Crippen LogP contribution in [0, 0.1) is 0 Å². The van der Waals surface area contributed by atoms with Gasteiger partial charge in [-0.25, -0.2) is 4.98 Å². The quantitative estimate of drug-likeness (QED) is 0.650. The first-order chi connectivity index (χ1) is 15.2. The average molecular weight is 455 g/mol. The van der Waals surface area contributed by atoms with Gasteiger partial charge in [0.15, 0.2) is 0 Å². The van der Waals surface area contributed by atoms with Crippen molar-refractivity contribution in [2.45, 2.75) is 6.36 Å². The molecule has 1 aromatic heterocycles. The van der Waals surface area contributed by atoms with Crippen LogP contribution in [-0.2, 0) is 9.47 Å². The molecule has 0 atom stereocenters. The van der Waals surface area contributed by atoms with E-state index >= 15 is 0 Å². The first kappa shape index (κ1) is 23.5. The zero-order valence-corrected chi connectivity index (χ0v) is 17.7. The van der Waals surface area contributed by atoms with E-state index in [-0.39, 0.29) is 11.4 Å². The van der Waals surface area contributed by atoms with Crippen LogP contribution in [0.25, 0.3) is 0 Å². The van der Waals surface area contributed by atoms with Crippen LogP contribution in [0.3, 0.4) is 0 Å². The summed E-state index contributed by atoms with van der Waals surface area (Å²) in [5.41, 5.74) is 0.209. The van der Waals surface area contributed by atoms with Crippen molar-refractivity contribution in [1.29, 1.82) is 0 Å². The van der Waals surface area contributed by atoms with E-state index in [0.29, 0.717) is 51.2 Å². The number of benzene rings is 1. The standard InChI is InChI=1S/C20H24F3N5O4/c1-27(6-9-30-2)17-13-16(25-19(26-17)28-7-10-31-11-8-28)18(29)24-14-4-3-5-15(12-14)32-20(21,22)23/h3-5,12-13H,6-11H2,1-2H3,(H,24,29). The second-order valence-electron chi connectivity index (χ2n) is 6.95. The Morgan fingerprint density at radius 1 is 1.25 bits per heavy atom. The molecule has 3 rings (SSSR count). The van der Waals surface area contributed by atoms with Crippen LogP contribution in [0.15, 0.2) is 30.3 Å². The van der Waals surface area contributed by atoms with Crippen molar-refractivity contribution in [2.24, 2.45) is 0 Å². The zero-order valence-electron chi connectivity index (χ0n) is 17.7. The molecule has 1 fully saturated rings. The van der Waals surface area contributed by atoms with Gasteiger partial charge in [-0.05, 0) is 12.1 Å². The number of halogens is 3. The molecular weight excluding hydrogens is 431 g/mol. The van der Waals surface area contributed by atoms with Crippen molar-refractivity contribution in [3.8, 4) is 5.75 Å². The van der Waals surface area contributed by atoms with E-state index in [4.69, 9.17) is 9.47 Å². The highest BCUT2D eigenvalue weighted by Gasteiger charge is 2.31. The van der Waals surface area contributed by atoms with Crippen LogP contribution in [0.1, 0.15) is 10.5 Å². The highest BCUT2D eigenvalue weighted by molar-refractivity contribution is 6.03. The third-order valence-corrected chi connectivity index (χ3v) is 4.57. The molecule has 1 aliphatic heterocycles. The van der Waals surface area contributed by atoms with Gasteiger partial charge in [0.1, 0.15) is 17.3 Å². The number of amides is 1. The molecule has 174 valence electrons. The summed E-state index contributed by atoms with van der Waals surface area (Å²) in [5, 5.41) is 2.56. The summed E-state index contributed by atoms with van der Waals surface area (Å²) in [6, 6.07) is 6.55. The minimum atomic E-state index is -4.83. The monoisotopic (exact) mass is 455 g/mol. The number of rotatable bonds is 8. The fourth-order valence-corrected chi connectivity index (χ4v) is 2.95. The first-order valence-electron chi connectivity index (χ1n) is 9.84. The van der Waals surface area contributed by atoms with E-state index in [1.165, 1.54) is 18.2 Å². The number of likely N-dealkylation sites (N-methyl/N-ethyl adjacent to an activating group) is 1. The minimum Gasteiger partial charge on any atom is -0.406 e. The molecule has 1 N–H and O–H groups in total. The molecular formula is C20H24F3N5O4. The largest absolute Gasteiger partial charge is 0.573 e. The lowest BCUT2D eigenvalue weighted by Gasteiger charge is -2.28. The molecule has 0 aliphatic carbocycles. The van der Waals surface area contributed by atoms with E-state index in [1.54, 1.807) is 7.11 Å². The van der Waals surface area contributed by atoms with Crippen LogP contribution in [-0.4, -0.2) is 75.8 Å². The van der Waals surface area contributed by atoms with Gasteiger partial charge < -0.3 is 29.3 Å². The number of carbonyl (C=O) groups is 1. The lowest BCUT2D eigenvalue weighted by atomic mass is 10.2. The number of aromatic nitrogens is 2. The predicted molar refractivity (Wildman–Crippen MR) is 111 cm³/mol. The minimum absolute atomic E-state index is 0.0721. The van der Waals surface area contributed by atoms with Gasteiger partial charge in [-0.15, -0.1) is 13.2 Å². The smallest absolute Gasteiger partial charge is 0.406 e. The number of methoxy groups -OCH3 is 1. The number of hydrogen-bond donors (Lipinski definition) is 1. The first-order valence-corrected chi connectivity index (χ1v) is 9.84. The average Bonchev–Trinajstić information content (AvgIpc) is 2.76. The Balaban J connectivity index is 1.84. The van der Waals surface area contributed by atoms with Gasteiger partial charge in [-0.2, -0.15) is 4.98 Å². The number of nitrogens with one attached hydrogen (secondary N) is 1. The zero-order chi connectivity index (χ0) is 23.1. The number of alkyl halides is 3. The number of nitrogens with zero attached hydrogens (tertiary/aromatic N) is 4. The molecule has 32 heavy (non-hydrogen) atoms. The fraction of sp³-hybridized carbons (Fsp3) is 0.450. The van der Waals surface area contributed by atoms with Crippen LogP contribution in [0.2, 0.25) is 0 Å². The van der Waals surface area contributed by atoms with Crippen molar-refractivity contribution >= 4 is 23.4 Å².